The molecular weight excluding hydrogens is 376 g/mol. The summed E-state index contributed by atoms with van der Waals surface area (Å²) in [6, 6.07) is 11.2. The standard InChI is InChI=1S/C22H27ClN2O3/c1-4-11-28-21-19(23)12-16(13-20(21)27-3)22(26)24-17-5-7-18(8-6-17)25-10-9-15(2)14-25/h5-8,12-13,15H,4,9-11,14H2,1-3H3,(H,24,26). The number of anilines is 2. The molecule has 1 fully saturated rings. The van der Waals surface area contributed by atoms with Gasteiger partial charge in [-0.15, -0.1) is 0 Å². The van der Waals surface area contributed by atoms with Crippen LogP contribution in [0.25, 0.3) is 0 Å². The van der Waals surface area contributed by atoms with Gasteiger partial charge in [-0.05, 0) is 55.2 Å². The Morgan fingerprint density at radius 3 is 2.64 bits per heavy atom. The van der Waals surface area contributed by atoms with Crippen LogP contribution in [0.15, 0.2) is 36.4 Å². The van der Waals surface area contributed by atoms with Crippen LogP contribution in [0.1, 0.15) is 37.0 Å². The molecule has 1 N–H and O–H groups in total. The average molecular weight is 403 g/mol. The lowest BCUT2D eigenvalue weighted by molar-refractivity contribution is 0.102. The van der Waals surface area contributed by atoms with Crippen LogP contribution in [0.5, 0.6) is 11.5 Å². The smallest absolute Gasteiger partial charge is 0.255 e. The summed E-state index contributed by atoms with van der Waals surface area (Å²) >= 11 is 6.31. The minimum Gasteiger partial charge on any atom is -0.493 e. The lowest BCUT2D eigenvalue weighted by Crippen LogP contribution is -2.19. The van der Waals surface area contributed by atoms with E-state index in [1.807, 2.05) is 31.2 Å². The number of carbonyl (C=O) groups excluding carboxylic acids is 1. The number of hydrogen-bond acceptors (Lipinski definition) is 4. The van der Waals surface area contributed by atoms with E-state index in [0.717, 1.165) is 31.1 Å². The SMILES string of the molecule is CCCOc1c(Cl)cc(C(=O)Nc2ccc(N3CCC(C)C3)cc2)cc1OC. The van der Waals surface area contributed by atoms with Crippen molar-refractivity contribution < 1.29 is 14.3 Å². The molecule has 0 aliphatic carbocycles. The summed E-state index contributed by atoms with van der Waals surface area (Å²) in [4.78, 5) is 15.0. The average Bonchev–Trinajstić information content (AvgIpc) is 3.13. The third-order valence-corrected chi connectivity index (χ3v) is 5.14. The van der Waals surface area contributed by atoms with E-state index in [1.165, 1.54) is 19.2 Å². The van der Waals surface area contributed by atoms with Crippen LogP contribution in [-0.4, -0.2) is 32.7 Å². The largest absolute Gasteiger partial charge is 0.493 e. The zero-order chi connectivity index (χ0) is 20.1. The van der Waals surface area contributed by atoms with Gasteiger partial charge in [-0.3, -0.25) is 4.79 Å². The number of hydrogen-bond donors (Lipinski definition) is 1. The molecule has 1 atom stereocenters. The van der Waals surface area contributed by atoms with E-state index < -0.39 is 0 Å². The first kappa shape index (κ1) is 20.3. The number of methoxy groups -OCH3 is 1. The summed E-state index contributed by atoms with van der Waals surface area (Å²) in [5, 5.41) is 3.27. The number of nitrogens with one attached hydrogen (secondary N) is 1. The molecule has 0 spiro atoms. The van der Waals surface area contributed by atoms with Gasteiger partial charge in [-0.25, -0.2) is 0 Å². The predicted octanol–water partition coefficient (Wildman–Crippen LogP) is 5.24. The molecule has 150 valence electrons. The van der Waals surface area contributed by atoms with E-state index in [1.54, 1.807) is 12.1 Å². The number of nitrogens with zero attached hydrogens (tertiary/aromatic N) is 1. The van der Waals surface area contributed by atoms with Crippen LogP contribution in [0.4, 0.5) is 11.4 Å². The molecule has 1 aliphatic rings. The highest BCUT2D eigenvalue weighted by atomic mass is 35.5. The Kier molecular flexibility index (Phi) is 6.68. The molecule has 0 saturated carbocycles. The number of ether oxygens (including phenoxy) is 2. The molecule has 1 unspecified atom stereocenters. The van der Waals surface area contributed by atoms with Crippen LogP contribution >= 0.6 is 11.6 Å². The van der Waals surface area contributed by atoms with Crippen LogP contribution < -0.4 is 19.7 Å². The summed E-state index contributed by atoms with van der Waals surface area (Å²) in [6.45, 7) is 6.97. The van der Waals surface area contributed by atoms with Crippen molar-refractivity contribution in [3.8, 4) is 11.5 Å². The van der Waals surface area contributed by atoms with Crippen molar-refractivity contribution in [3.05, 3.63) is 47.0 Å². The van der Waals surface area contributed by atoms with E-state index >= 15 is 0 Å². The van der Waals surface area contributed by atoms with Crippen molar-refractivity contribution in [2.75, 3.05) is 37.0 Å². The second kappa shape index (κ2) is 9.20. The maximum Gasteiger partial charge on any atom is 0.255 e. The summed E-state index contributed by atoms with van der Waals surface area (Å²) in [6.07, 6.45) is 2.08. The van der Waals surface area contributed by atoms with Crippen LogP contribution in [0.3, 0.4) is 0 Å². The Morgan fingerprint density at radius 1 is 1.29 bits per heavy atom. The summed E-state index contributed by atoms with van der Waals surface area (Å²) in [5.41, 5.74) is 2.34. The summed E-state index contributed by atoms with van der Waals surface area (Å²) in [5.74, 6) is 1.39. The third-order valence-electron chi connectivity index (χ3n) is 4.86. The first-order chi connectivity index (χ1) is 13.5. The molecule has 2 aromatic carbocycles. The summed E-state index contributed by atoms with van der Waals surface area (Å²) in [7, 11) is 1.53. The highest BCUT2D eigenvalue weighted by Crippen LogP contribution is 2.36. The second-order valence-electron chi connectivity index (χ2n) is 7.18. The highest BCUT2D eigenvalue weighted by Gasteiger charge is 2.19. The number of carbonyl (C=O) groups is 1. The van der Waals surface area contributed by atoms with Gasteiger partial charge in [0.05, 0.1) is 18.7 Å². The molecule has 3 rings (SSSR count). The molecule has 2 aromatic rings. The quantitative estimate of drug-likeness (QED) is 0.688. The maximum absolute atomic E-state index is 12.7. The Balaban J connectivity index is 1.71. The van der Waals surface area contributed by atoms with Crippen molar-refractivity contribution >= 4 is 28.9 Å². The summed E-state index contributed by atoms with van der Waals surface area (Å²) < 4.78 is 11.0. The van der Waals surface area contributed by atoms with Crippen LogP contribution in [0, 0.1) is 5.92 Å². The van der Waals surface area contributed by atoms with Gasteiger partial charge in [-0.1, -0.05) is 25.4 Å². The second-order valence-corrected chi connectivity index (χ2v) is 7.59. The Morgan fingerprint density at radius 2 is 2.04 bits per heavy atom. The number of benzene rings is 2. The number of halogens is 1. The molecule has 5 nitrogen and oxygen atoms in total. The zero-order valence-corrected chi connectivity index (χ0v) is 17.4. The van der Waals surface area contributed by atoms with Crippen molar-refractivity contribution in [2.45, 2.75) is 26.7 Å². The topological polar surface area (TPSA) is 50.8 Å². The molecule has 6 heteroatoms. The first-order valence-corrected chi connectivity index (χ1v) is 10.1. The van der Waals surface area contributed by atoms with Gasteiger partial charge in [-0.2, -0.15) is 0 Å². The highest BCUT2D eigenvalue weighted by molar-refractivity contribution is 6.32. The van der Waals surface area contributed by atoms with E-state index in [-0.39, 0.29) is 5.91 Å². The number of rotatable bonds is 7. The molecular formula is C22H27ClN2O3. The third kappa shape index (κ3) is 4.71. The molecule has 1 saturated heterocycles. The first-order valence-electron chi connectivity index (χ1n) is 9.68. The molecule has 0 radical (unpaired) electrons. The fourth-order valence-corrected chi connectivity index (χ4v) is 3.59. The number of amides is 1. The molecule has 0 aromatic heterocycles. The van der Waals surface area contributed by atoms with Gasteiger partial charge in [0, 0.05) is 30.0 Å². The Bertz CT molecular complexity index is 823. The van der Waals surface area contributed by atoms with E-state index in [0.29, 0.717) is 28.7 Å². The minimum atomic E-state index is -0.246. The van der Waals surface area contributed by atoms with Gasteiger partial charge in [0.1, 0.15) is 0 Å². The van der Waals surface area contributed by atoms with Crippen molar-refractivity contribution in [2.24, 2.45) is 5.92 Å². The lowest BCUT2D eigenvalue weighted by Gasteiger charge is -2.18. The predicted molar refractivity (Wildman–Crippen MR) is 114 cm³/mol. The normalized spacial score (nSPS) is 16.1. The van der Waals surface area contributed by atoms with Crippen LogP contribution in [-0.2, 0) is 0 Å². The molecule has 0 bridgehead atoms. The Labute approximate surface area is 171 Å². The van der Waals surface area contributed by atoms with Crippen molar-refractivity contribution in [3.63, 3.8) is 0 Å². The van der Waals surface area contributed by atoms with Crippen molar-refractivity contribution in [1.82, 2.24) is 0 Å². The Hall–Kier alpha value is -2.40. The van der Waals surface area contributed by atoms with Gasteiger partial charge in [0.25, 0.3) is 5.91 Å². The monoisotopic (exact) mass is 402 g/mol. The molecule has 1 aliphatic heterocycles. The molecule has 1 amide bonds. The van der Waals surface area contributed by atoms with Crippen LogP contribution in [0.2, 0.25) is 5.02 Å². The molecule has 1 heterocycles. The van der Waals surface area contributed by atoms with E-state index in [9.17, 15) is 4.79 Å². The maximum atomic E-state index is 12.7. The fourth-order valence-electron chi connectivity index (χ4n) is 3.32. The van der Waals surface area contributed by atoms with Gasteiger partial charge < -0.3 is 19.7 Å². The minimum absolute atomic E-state index is 0.246. The fraction of sp³-hybridized carbons (Fsp3) is 0.409. The zero-order valence-electron chi connectivity index (χ0n) is 16.6. The van der Waals surface area contributed by atoms with Gasteiger partial charge in [0.2, 0.25) is 0 Å². The lowest BCUT2D eigenvalue weighted by atomic mass is 10.1. The van der Waals surface area contributed by atoms with Gasteiger partial charge in [0.15, 0.2) is 11.5 Å². The van der Waals surface area contributed by atoms with E-state index in [2.05, 4.69) is 17.1 Å². The van der Waals surface area contributed by atoms with Crippen molar-refractivity contribution in [1.29, 1.82) is 0 Å². The van der Waals surface area contributed by atoms with E-state index in [4.69, 9.17) is 21.1 Å². The molecule has 28 heavy (non-hydrogen) atoms. The van der Waals surface area contributed by atoms with Gasteiger partial charge >= 0.3 is 0 Å².